The van der Waals surface area contributed by atoms with E-state index in [1.165, 1.54) is 11.9 Å². The smallest absolute Gasteiger partial charge is 0.254 e. The molecule has 0 bridgehead atoms. The van der Waals surface area contributed by atoms with Gasteiger partial charge < -0.3 is 10.4 Å². The van der Waals surface area contributed by atoms with Crippen LogP contribution in [0, 0.1) is 5.41 Å². The summed E-state index contributed by atoms with van der Waals surface area (Å²) in [6.07, 6.45) is 2.35. The maximum Gasteiger partial charge on any atom is 0.254 e. The Morgan fingerprint density at radius 2 is 2.00 bits per heavy atom. The van der Waals surface area contributed by atoms with E-state index in [0.29, 0.717) is 12.3 Å². The quantitative estimate of drug-likeness (QED) is 0.692. The Bertz CT molecular complexity index is 828. The van der Waals surface area contributed by atoms with Crippen LogP contribution in [0.4, 0.5) is 5.82 Å². The zero-order chi connectivity index (χ0) is 17.9. The Hall–Kier alpha value is -2.47. The number of hydrogen-bond acceptors (Lipinski definition) is 5. The first-order valence-corrected chi connectivity index (χ1v) is 8.64. The molecule has 6 heteroatoms. The molecule has 0 aliphatic rings. The third-order valence-corrected chi connectivity index (χ3v) is 4.71. The summed E-state index contributed by atoms with van der Waals surface area (Å²) in [7, 11) is 0. The summed E-state index contributed by atoms with van der Waals surface area (Å²) in [5.74, 6) is 1.61. The van der Waals surface area contributed by atoms with E-state index in [-0.39, 0.29) is 17.9 Å². The number of hydrogen-bond donors (Lipinski definition) is 2. The zero-order valence-corrected chi connectivity index (χ0v) is 15.0. The average molecular weight is 339 g/mol. The van der Waals surface area contributed by atoms with Crippen molar-refractivity contribution in [2.24, 2.45) is 5.41 Å². The van der Waals surface area contributed by atoms with Crippen LogP contribution < -0.4 is 5.32 Å². The van der Waals surface area contributed by atoms with Crippen LogP contribution in [0.3, 0.4) is 0 Å². The molecule has 2 N–H and O–H groups in total. The van der Waals surface area contributed by atoms with Gasteiger partial charge in [0.25, 0.3) is 5.78 Å². The Labute approximate surface area is 147 Å². The largest absolute Gasteiger partial charge is 0.396 e. The van der Waals surface area contributed by atoms with Crippen LogP contribution in [0.1, 0.15) is 37.9 Å². The molecule has 25 heavy (non-hydrogen) atoms. The van der Waals surface area contributed by atoms with Gasteiger partial charge in [-0.15, -0.1) is 0 Å². The fourth-order valence-electron chi connectivity index (χ4n) is 3.02. The molecule has 0 radical (unpaired) electrons. The highest BCUT2D eigenvalue weighted by Crippen LogP contribution is 2.35. The van der Waals surface area contributed by atoms with Crippen LogP contribution in [0.2, 0.25) is 0 Å². The molecule has 132 valence electrons. The van der Waals surface area contributed by atoms with Crippen molar-refractivity contribution in [3.8, 4) is 0 Å². The van der Waals surface area contributed by atoms with Gasteiger partial charge in [-0.1, -0.05) is 51.1 Å². The van der Waals surface area contributed by atoms with E-state index in [4.69, 9.17) is 0 Å². The lowest BCUT2D eigenvalue weighted by atomic mass is 9.75. The SMILES string of the molecule is CCc1cc(NCC(c2ccccc2)C(C)(C)CO)n2ncnc2n1. The fraction of sp³-hybridized carbons (Fsp3) is 0.421. The molecule has 0 aliphatic carbocycles. The molecule has 3 rings (SSSR count). The van der Waals surface area contributed by atoms with E-state index in [0.717, 1.165) is 17.9 Å². The molecular weight excluding hydrogens is 314 g/mol. The van der Waals surface area contributed by atoms with E-state index in [9.17, 15) is 5.11 Å². The summed E-state index contributed by atoms with van der Waals surface area (Å²) >= 11 is 0. The Morgan fingerprint density at radius 3 is 2.68 bits per heavy atom. The second kappa shape index (κ2) is 7.19. The average Bonchev–Trinajstić information content (AvgIpc) is 3.11. The predicted molar refractivity (Wildman–Crippen MR) is 98.7 cm³/mol. The number of anilines is 1. The molecule has 2 aromatic heterocycles. The third-order valence-electron chi connectivity index (χ3n) is 4.71. The molecule has 3 aromatic rings. The minimum absolute atomic E-state index is 0.115. The maximum absolute atomic E-state index is 9.88. The van der Waals surface area contributed by atoms with Gasteiger partial charge in [-0.05, 0) is 17.4 Å². The molecule has 2 heterocycles. The van der Waals surface area contributed by atoms with Gasteiger partial charge in [0.15, 0.2) is 0 Å². The molecule has 0 amide bonds. The summed E-state index contributed by atoms with van der Waals surface area (Å²) in [5.41, 5.74) is 1.92. The molecule has 0 fully saturated rings. The van der Waals surface area contributed by atoms with E-state index in [1.807, 2.05) is 24.3 Å². The number of aliphatic hydroxyl groups is 1. The highest BCUT2D eigenvalue weighted by atomic mass is 16.3. The van der Waals surface area contributed by atoms with Gasteiger partial charge in [0, 0.05) is 30.8 Å². The second-order valence-corrected chi connectivity index (χ2v) is 6.95. The summed E-state index contributed by atoms with van der Waals surface area (Å²) in [6, 6.07) is 12.3. The van der Waals surface area contributed by atoms with Gasteiger partial charge in [-0.3, -0.25) is 0 Å². The first-order valence-electron chi connectivity index (χ1n) is 8.64. The topological polar surface area (TPSA) is 75.3 Å². The number of nitrogens with zero attached hydrogens (tertiary/aromatic N) is 4. The van der Waals surface area contributed by atoms with Gasteiger partial charge in [0.05, 0.1) is 0 Å². The Morgan fingerprint density at radius 1 is 1.24 bits per heavy atom. The highest BCUT2D eigenvalue weighted by Gasteiger charge is 2.30. The second-order valence-electron chi connectivity index (χ2n) is 6.95. The maximum atomic E-state index is 9.88. The molecule has 0 aliphatic heterocycles. The Kier molecular flexibility index (Phi) is 4.99. The molecule has 0 spiro atoms. The molecule has 1 atom stereocenters. The molecule has 6 nitrogen and oxygen atoms in total. The first-order chi connectivity index (χ1) is 12.0. The standard InChI is InChI=1S/C19H25N5O/c1-4-15-10-17(24-18(23-15)21-13-22-24)20-11-16(19(2,3)12-25)14-8-6-5-7-9-14/h5-10,13,16,20,25H,4,11-12H2,1-3H3. The van der Waals surface area contributed by atoms with Gasteiger partial charge in [0.2, 0.25) is 0 Å². The van der Waals surface area contributed by atoms with Crippen LogP contribution in [0.15, 0.2) is 42.7 Å². The van der Waals surface area contributed by atoms with Crippen molar-refractivity contribution in [2.45, 2.75) is 33.1 Å². The number of nitrogens with one attached hydrogen (secondary N) is 1. The van der Waals surface area contributed by atoms with Gasteiger partial charge >= 0.3 is 0 Å². The third kappa shape index (κ3) is 3.64. The summed E-state index contributed by atoms with van der Waals surface area (Å²) < 4.78 is 1.72. The lowest BCUT2D eigenvalue weighted by Gasteiger charge is -2.33. The normalized spacial score (nSPS) is 13.1. The van der Waals surface area contributed by atoms with E-state index in [2.05, 4.69) is 53.3 Å². The van der Waals surface area contributed by atoms with Crippen molar-refractivity contribution in [3.63, 3.8) is 0 Å². The van der Waals surface area contributed by atoms with E-state index < -0.39 is 0 Å². The molecule has 1 unspecified atom stereocenters. The summed E-state index contributed by atoms with van der Waals surface area (Å²) in [6.45, 7) is 7.03. The zero-order valence-electron chi connectivity index (χ0n) is 15.0. The van der Waals surface area contributed by atoms with Crippen molar-refractivity contribution < 1.29 is 5.11 Å². The lowest BCUT2D eigenvalue weighted by molar-refractivity contribution is 0.134. The number of fused-ring (bicyclic) bond motifs is 1. The Balaban J connectivity index is 1.90. The molecule has 0 saturated carbocycles. The van der Waals surface area contributed by atoms with Crippen molar-refractivity contribution in [2.75, 3.05) is 18.5 Å². The minimum Gasteiger partial charge on any atom is -0.396 e. The molecule has 1 aromatic carbocycles. The lowest BCUT2D eigenvalue weighted by Crippen LogP contribution is -2.31. The van der Waals surface area contributed by atoms with Crippen molar-refractivity contribution in [1.82, 2.24) is 19.6 Å². The molecule has 0 saturated heterocycles. The fourth-order valence-corrected chi connectivity index (χ4v) is 3.02. The predicted octanol–water partition coefficient (Wildman–Crippen LogP) is 2.90. The van der Waals surface area contributed by atoms with Crippen LogP contribution >= 0.6 is 0 Å². The highest BCUT2D eigenvalue weighted by molar-refractivity contribution is 5.45. The summed E-state index contributed by atoms with van der Waals surface area (Å²) in [5, 5.41) is 17.6. The van der Waals surface area contributed by atoms with Crippen molar-refractivity contribution >= 4 is 11.6 Å². The van der Waals surface area contributed by atoms with Crippen LogP contribution in [0.25, 0.3) is 5.78 Å². The number of aromatic nitrogens is 4. The van der Waals surface area contributed by atoms with E-state index >= 15 is 0 Å². The van der Waals surface area contributed by atoms with Crippen LogP contribution in [0.5, 0.6) is 0 Å². The van der Waals surface area contributed by atoms with Crippen LogP contribution in [-0.2, 0) is 6.42 Å². The minimum atomic E-state index is -0.254. The summed E-state index contributed by atoms with van der Waals surface area (Å²) in [4.78, 5) is 8.67. The first kappa shape index (κ1) is 17.4. The number of aliphatic hydroxyl groups excluding tert-OH is 1. The van der Waals surface area contributed by atoms with E-state index in [1.54, 1.807) is 4.52 Å². The number of aryl methyl sites for hydroxylation is 1. The van der Waals surface area contributed by atoms with Gasteiger partial charge in [0.1, 0.15) is 12.1 Å². The van der Waals surface area contributed by atoms with Crippen molar-refractivity contribution in [3.05, 3.63) is 54.0 Å². The van der Waals surface area contributed by atoms with Crippen molar-refractivity contribution in [1.29, 1.82) is 0 Å². The number of benzene rings is 1. The molecular formula is C19H25N5O. The van der Waals surface area contributed by atoms with Gasteiger partial charge in [-0.25, -0.2) is 4.98 Å². The number of rotatable bonds is 7. The van der Waals surface area contributed by atoms with Gasteiger partial charge in [-0.2, -0.15) is 14.6 Å². The van der Waals surface area contributed by atoms with Crippen LogP contribution in [-0.4, -0.2) is 37.8 Å². The monoisotopic (exact) mass is 339 g/mol.